The van der Waals surface area contributed by atoms with Crippen LogP contribution in [0.25, 0.3) is 121 Å². The fraction of sp³-hybridized carbons (Fsp3) is 0.0400. The zero-order valence-electron chi connectivity index (χ0n) is 43.7. The molecule has 3 aromatic heterocycles. The molecule has 0 amide bonds. The van der Waals surface area contributed by atoms with Gasteiger partial charge in [0.05, 0.1) is 22.1 Å². The van der Waals surface area contributed by atoms with Crippen molar-refractivity contribution in [3.05, 3.63) is 284 Å². The first-order valence-corrected chi connectivity index (χ1v) is 27.3. The van der Waals surface area contributed by atoms with Crippen LogP contribution >= 0.6 is 0 Å². The molecule has 0 saturated carbocycles. The van der Waals surface area contributed by atoms with Gasteiger partial charge in [-0.15, -0.1) is 0 Å². The third-order valence-electron chi connectivity index (χ3n) is 16.9. The predicted octanol–water partition coefficient (Wildman–Crippen LogP) is 20.6. The second-order valence-corrected chi connectivity index (χ2v) is 21.7. The van der Waals surface area contributed by atoms with Gasteiger partial charge in [0, 0.05) is 72.2 Å². The Labute approximate surface area is 457 Å². The topological polar surface area (TPSA) is 26.2 Å². The number of fused-ring (bicyclic) bond motifs is 12. The van der Waals surface area contributed by atoms with Crippen LogP contribution in [0, 0.1) is 0 Å². The molecule has 1 aliphatic rings. The quantitative estimate of drug-likeness (QED) is 0.152. The lowest BCUT2D eigenvalue weighted by Gasteiger charge is -2.28. The van der Waals surface area contributed by atoms with Crippen LogP contribution in [-0.4, -0.2) is 9.13 Å². The summed E-state index contributed by atoms with van der Waals surface area (Å²) in [6.45, 7) is 4.72. The normalized spacial score (nSPS) is 12.8. The lowest BCUT2D eigenvalue weighted by atomic mass is 9.82. The lowest BCUT2D eigenvalue weighted by Crippen LogP contribution is -2.16. The van der Waals surface area contributed by atoms with Crippen LogP contribution in [0.4, 0.5) is 17.1 Å². The average Bonchev–Trinajstić information content (AvgIpc) is 4.41. The Balaban J connectivity index is 0.881. The Morgan fingerprint density at radius 1 is 0.291 bits per heavy atom. The van der Waals surface area contributed by atoms with Crippen LogP contribution in [-0.2, 0) is 5.41 Å². The van der Waals surface area contributed by atoms with Gasteiger partial charge < -0.3 is 18.5 Å². The van der Waals surface area contributed by atoms with Crippen LogP contribution in [0.3, 0.4) is 0 Å². The summed E-state index contributed by atoms with van der Waals surface area (Å²) in [5, 5.41) is 7.12. The molecule has 0 fully saturated rings. The highest BCUT2D eigenvalue weighted by Gasteiger charge is 2.36. The first-order valence-electron chi connectivity index (χ1n) is 27.3. The molecular weight excluding hydrogens is 959 g/mol. The fourth-order valence-corrected chi connectivity index (χ4v) is 13.1. The standard InChI is InChI=1S/C75H51N3O/c1-75(2)67-28-13-9-24-59(67)60-37-34-57(46-68(60)75)76(54-19-5-3-6-20-54)56-23-17-18-48(43-56)51-40-52(42-53(41-51)50-32-36-63-61-25-10-14-29-69(61)77(72(63)45-50)55-21-7-4-8-22-55)49-33-39-71-66(44-49)62-26-11-15-30-70(62)78(71)58-35-38-65-64-27-12-16-31-73(64)79-74(65)47-58/h3-47H,1-2H3. The van der Waals surface area contributed by atoms with Crippen molar-refractivity contribution in [2.45, 2.75) is 19.3 Å². The van der Waals surface area contributed by atoms with Gasteiger partial charge in [-0.05, 0) is 171 Å². The fourth-order valence-electron chi connectivity index (χ4n) is 13.1. The van der Waals surface area contributed by atoms with Crippen LogP contribution in [0.1, 0.15) is 25.0 Å². The van der Waals surface area contributed by atoms with E-state index >= 15 is 0 Å². The lowest BCUT2D eigenvalue weighted by molar-refractivity contribution is 0.660. The number of hydrogen-bond acceptors (Lipinski definition) is 2. The largest absolute Gasteiger partial charge is 0.456 e. The van der Waals surface area contributed by atoms with Gasteiger partial charge in [-0.3, -0.25) is 0 Å². The zero-order chi connectivity index (χ0) is 52.3. The Morgan fingerprint density at radius 3 is 1.62 bits per heavy atom. The molecule has 0 saturated heterocycles. The van der Waals surface area contributed by atoms with E-state index in [4.69, 9.17) is 4.42 Å². The van der Waals surface area contributed by atoms with Gasteiger partial charge >= 0.3 is 0 Å². The average molecular weight is 1010 g/mol. The number of anilines is 3. The summed E-state index contributed by atoms with van der Waals surface area (Å²) in [6.07, 6.45) is 0. The number of benzene rings is 12. The van der Waals surface area contributed by atoms with Gasteiger partial charge in [0.15, 0.2) is 0 Å². The van der Waals surface area contributed by atoms with Gasteiger partial charge in [-0.1, -0.05) is 166 Å². The van der Waals surface area contributed by atoms with Gasteiger partial charge in [0.1, 0.15) is 11.2 Å². The Kier molecular flexibility index (Phi) is 9.95. The minimum absolute atomic E-state index is 0.136. The van der Waals surface area contributed by atoms with Crippen molar-refractivity contribution in [2.24, 2.45) is 0 Å². The molecule has 0 spiro atoms. The SMILES string of the molecule is CC1(C)c2ccccc2-c2ccc(N(c3ccccc3)c3cccc(-c4cc(-c5ccc6c(c5)c5ccccc5n6-c5ccc6c(c5)oc5ccccc56)cc(-c5ccc6c7ccccc7n(-c7ccccc7)c6c5)c4)c3)cc21. The van der Waals surface area contributed by atoms with Crippen molar-refractivity contribution in [2.75, 3.05) is 4.90 Å². The van der Waals surface area contributed by atoms with Crippen molar-refractivity contribution in [3.8, 4) is 55.9 Å². The summed E-state index contributed by atoms with van der Waals surface area (Å²) in [4.78, 5) is 2.42. The predicted molar refractivity (Wildman–Crippen MR) is 331 cm³/mol. The van der Waals surface area contributed by atoms with E-state index in [0.717, 1.165) is 94.8 Å². The zero-order valence-corrected chi connectivity index (χ0v) is 43.7. The molecule has 0 bridgehead atoms. The molecule has 15 aromatic rings. The molecule has 1 aliphatic carbocycles. The molecule has 0 atom stereocenters. The molecule has 79 heavy (non-hydrogen) atoms. The second-order valence-electron chi connectivity index (χ2n) is 21.7. The van der Waals surface area contributed by atoms with Crippen molar-refractivity contribution >= 4 is 82.6 Å². The van der Waals surface area contributed by atoms with E-state index < -0.39 is 0 Å². The number of nitrogens with zero attached hydrogens (tertiary/aromatic N) is 3. The van der Waals surface area contributed by atoms with Gasteiger partial charge in [0.25, 0.3) is 0 Å². The van der Waals surface area contributed by atoms with Crippen LogP contribution in [0.15, 0.2) is 277 Å². The molecule has 372 valence electrons. The molecule has 16 rings (SSSR count). The maximum absolute atomic E-state index is 6.44. The molecule has 0 N–H and O–H groups in total. The molecule has 0 radical (unpaired) electrons. The first-order chi connectivity index (χ1) is 38.9. The molecule has 0 unspecified atom stereocenters. The number of rotatable bonds is 8. The third-order valence-corrected chi connectivity index (χ3v) is 16.9. The van der Waals surface area contributed by atoms with Gasteiger partial charge in [-0.25, -0.2) is 0 Å². The second kappa shape index (κ2) is 17.4. The summed E-state index contributed by atoms with van der Waals surface area (Å²) in [6, 6.07) is 100. The highest BCUT2D eigenvalue weighted by Crippen LogP contribution is 2.51. The minimum atomic E-state index is -0.136. The summed E-state index contributed by atoms with van der Waals surface area (Å²) in [5.41, 5.74) is 24.0. The van der Waals surface area contributed by atoms with E-state index in [1.807, 2.05) is 12.1 Å². The van der Waals surface area contributed by atoms with Crippen molar-refractivity contribution in [3.63, 3.8) is 0 Å². The summed E-state index contributed by atoms with van der Waals surface area (Å²) < 4.78 is 11.2. The molecule has 3 heterocycles. The summed E-state index contributed by atoms with van der Waals surface area (Å²) >= 11 is 0. The highest BCUT2D eigenvalue weighted by atomic mass is 16.3. The monoisotopic (exact) mass is 1010 g/mol. The van der Waals surface area contributed by atoms with Crippen LogP contribution in [0.5, 0.6) is 0 Å². The van der Waals surface area contributed by atoms with E-state index in [-0.39, 0.29) is 5.41 Å². The van der Waals surface area contributed by atoms with Crippen LogP contribution in [0.2, 0.25) is 0 Å². The summed E-state index contributed by atoms with van der Waals surface area (Å²) in [5.74, 6) is 0. The molecule has 4 nitrogen and oxygen atoms in total. The van der Waals surface area contributed by atoms with E-state index in [9.17, 15) is 0 Å². The Bertz CT molecular complexity index is 4940. The van der Waals surface area contributed by atoms with Gasteiger partial charge in [-0.2, -0.15) is 0 Å². The van der Waals surface area contributed by atoms with Crippen molar-refractivity contribution in [1.29, 1.82) is 0 Å². The Hall–Kier alpha value is -10.2. The molecule has 12 aromatic carbocycles. The van der Waals surface area contributed by atoms with Gasteiger partial charge in [0.2, 0.25) is 0 Å². The van der Waals surface area contributed by atoms with Crippen molar-refractivity contribution < 1.29 is 4.42 Å². The number of hydrogen-bond donors (Lipinski definition) is 0. The third kappa shape index (κ3) is 7.08. The Morgan fingerprint density at radius 2 is 0.835 bits per heavy atom. The highest BCUT2D eigenvalue weighted by molar-refractivity contribution is 6.13. The van der Waals surface area contributed by atoms with E-state index in [2.05, 4.69) is 289 Å². The van der Waals surface area contributed by atoms with E-state index in [1.54, 1.807) is 0 Å². The maximum Gasteiger partial charge on any atom is 0.137 e. The molecular formula is C75H51N3O. The number of para-hydroxylation sites is 5. The minimum Gasteiger partial charge on any atom is -0.456 e. The van der Waals surface area contributed by atoms with Crippen LogP contribution < -0.4 is 4.90 Å². The van der Waals surface area contributed by atoms with E-state index in [0.29, 0.717) is 0 Å². The maximum atomic E-state index is 6.44. The smallest absolute Gasteiger partial charge is 0.137 e. The molecule has 0 aliphatic heterocycles. The number of aromatic nitrogens is 2. The molecule has 4 heteroatoms. The first kappa shape index (κ1) is 45.1. The van der Waals surface area contributed by atoms with Crippen molar-refractivity contribution in [1.82, 2.24) is 9.13 Å². The number of furan rings is 1. The van der Waals surface area contributed by atoms with E-state index in [1.165, 1.54) is 54.8 Å². The summed E-state index contributed by atoms with van der Waals surface area (Å²) in [7, 11) is 0.